The van der Waals surface area contributed by atoms with Crippen molar-refractivity contribution in [2.45, 2.75) is 18.9 Å². The molecule has 3 N–H and O–H groups in total. The molecule has 1 fully saturated rings. The first kappa shape index (κ1) is 18.0. The number of para-hydroxylation sites is 1. The molecule has 138 valence electrons. The predicted octanol–water partition coefficient (Wildman–Crippen LogP) is 2.91. The van der Waals surface area contributed by atoms with Crippen molar-refractivity contribution < 1.29 is 14.9 Å². The monoisotopic (exact) mass is 402 g/mol. The molecule has 2 aromatic carbocycles. The summed E-state index contributed by atoms with van der Waals surface area (Å²) in [6, 6.07) is 12.6. The number of hydrogen-bond acceptors (Lipinski definition) is 2. The van der Waals surface area contributed by atoms with Crippen molar-refractivity contribution in [3.63, 3.8) is 0 Å². The Labute approximate surface area is 166 Å². The molecule has 3 aromatic rings. The number of nitrogens with one attached hydrogen (secondary N) is 1. The van der Waals surface area contributed by atoms with Gasteiger partial charge in [0.25, 0.3) is 5.91 Å². The highest BCUT2D eigenvalue weighted by atomic mass is 35.5. The predicted molar refractivity (Wildman–Crippen MR) is 106 cm³/mol. The molecule has 7 heteroatoms. The van der Waals surface area contributed by atoms with Gasteiger partial charge in [0.1, 0.15) is 0 Å². The molecule has 0 radical (unpaired) electrons. The minimum absolute atomic E-state index is 0.162. The lowest BCUT2D eigenvalue weighted by atomic mass is 10.1. The Morgan fingerprint density at radius 3 is 2.78 bits per heavy atom. The van der Waals surface area contributed by atoms with Crippen LogP contribution in [0.3, 0.4) is 0 Å². The summed E-state index contributed by atoms with van der Waals surface area (Å²) < 4.78 is 0. The average molecular weight is 403 g/mol. The first-order chi connectivity index (χ1) is 13.1. The molecule has 27 heavy (non-hydrogen) atoms. The third kappa shape index (κ3) is 3.34. The molecular weight excluding hydrogens is 385 g/mol. The van der Waals surface area contributed by atoms with Crippen LogP contribution in [-0.2, 0) is 16.0 Å². The maximum Gasteiger partial charge on any atom is 0.292 e. The number of aromatic nitrogens is 1. The number of hydrogen-bond donors (Lipinski definition) is 2. The molecular formula is C20H18Cl2N3O2+. The molecule has 2 heterocycles. The Morgan fingerprint density at radius 1 is 1.11 bits per heavy atom. The first-order valence-corrected chi connectivity index (χ1v) is 9.51. The molecule has 1 aromatic heterocycles. The fourth-order valence-corrected chi connectivity index (χ4v) is 3.92. The minimum Gasteiger partial charge on any atom is -0.361 e. The second kappa shape index (κ2) is 7.35. The number of imide groups is 1. The van der Waals surface area contributed by atoms with Crippen LogP contribution in [0.15, 0.2) is 48.7 Å². The number of nitrogens with two attached hydrogens (primary N) is 1. The van der Waals surface area contributed by atoms with Crippen LogP contribution < -0.4 is 10.2 Å². The van der Waals surface area contributed by atoms with Gasteiger partial charge >= 0.3 is 0 Å². The molecule has 1 aliphatic heterocycles. The maximum absolute atomic E-state index is 12.8. The second-order valence-corrected chi connectivity index (χ2v) is 7.37. The van der Waals surface area contributed by atoms with Gasteiger partial charge in [0, 0.05) is 23.5 Å². The molecule has 5 nitrogen and oxygen atoms in total. The van der Waals surface area contributed by atoms with E-state index < -0.39 is 6.04 Å². The lowest BCUT2D eigenvalue weighted by molar-refractivity contribution is -0.674. The third-order valence-electron chi connectivity index (χ3n) is 4.89. The van der Waals surface area contributed by atoms with Crippen LogP contribution in [0.25, 0.3) is 10.9 Å². The summed E-state index contributed by atoms with van der Waals surface area (Å²) in [6.45, 7) is 0.711. The Kier molecular flexibility index (Phi) is 4.91. The number of anilines is 1. The molecule has 0 bridgehead atoms. The highest BCUT2D eigenvalue weighted by molar-refractivity contribution is 6.44. The number of nitrogens with zero attached hydrogens (tertiary/aromatic N) is 1. The molecule has 0 unspecified atom stereocenters. The van der Waals surface area contributed by atoms with Crippen LogP contribution >= 0.6 is 23.2 Å². The fraction of sp³-hybridized carbons (Fsp3) is 0.200. The van der Waals surface area contributed by atoms with Crippen molar-refractivity contribution in [2.24, 2.45) is 0 Å². The van der Waals surface area contributed by atoms with Gasteiger partial charge < -0.3 is 10.3 Å². The number of rotatable bonds is 5. The summed E-state index contributed by atoms with van der Waals surface area (Å²) in [5.41, 5.74) is 2.65. The number of aromatic amines is 1. The normalized spacial score (nSPS) is 17.3. The van der Waals surface area contributed by atoms with Crippen LogP contribution in [0, 0.1) is 0 Å². The van der Waals surface area contributed by atoms with E-state index in [4.69, 9.17) is 23.2 Å². The van der Waals surface area contributed by atoms with Crippen molar-refractivity contribution in [3.05, 3.63) is 64.3 Å². The lowest BCUT2D eigenvalue weighted by Gasteiger charge is -2.16. The highest BCUT2D eigenvalue weighted by Crippen LogP contribution is 2.34. The van der Waals surface area contributed by atoms with Crippen LogP contribution in [0.4, 0.5) is 5.69 Å². The number of carbonyl (C=O) groups excluding carboxylic acids is 2. The minimum atomic E-state index is -0.433. The third-order valence-corrected chi connectivity index (χ3v) is 5.70. The quantitative estimate of drug-likeness (QED) is 0.644. The first-order valence-electron chi connectivity index (χ1n) is 8.75. The zero-order valence-electron chi connectivity index (χ0n) is 14.4. The second-order valence-electron chi connectivity index (χ2n) is 6.58. The van der Waals surface area contributed by atoms with Crippen LogP contribution in [0.2, 0.25) is 10.0 Å². The van der Waals surface area contributed by atoms with Gasteiger partial charge in [0.2, 0.25) is 5.91 Å². The van der Waals surface area contributed by atoms with Gasteiger partial charge in [-0.3, -0.25) is 9.59 Å². The number of benzene rings is 2. The van der Waals surface area contributed by atoms with Gasteiger partial charge in [-0.15, -0.1) is 0 Å². The molecule has 1 saturated heterocycles. The number of quaternary nitrogens is 1. The van der Waals surface area contributed by atoms with Crippen molar-refractivity contribution >= 4 is 51.6 Å². The average Bonchev–Trinajstić information content (AvgIpc) is 3.19. The topological polar surface area (TPSA) is 69.8 Å². The zero-order chi connectivity index (χ0) is 19.0. The van der Waals surface area contributed by atoms with Gasteiger partial charge in [-0.05, 0) is 23.8 Å². The Hall–Kier alpha value is -2.34. The largest absolute Gasteiger partial charge is 0.361 e. The SMILES string of the molecule is O=C1C[C@@H]([NH2+]CCc2c[nH]c3ccccc23)C(=O)N1c1cccc(Cl)c1Cl. The van der Waals surface area contributed by atoms with E-state index in [1.807, 2.05) is 29.7 Å². The van der Waals surface area contributed by atoms with E-state index in [1.165, 1.54) is 10.9 Å². The van der Waals surface area contributed by atoms with E-state index in [2.05, 4.69) is 11.1 Å². The van der Waals surface area contributed by atoms with Gasteiger partial charge in [-0.2, -0.15) is 0 Å². The van der Waals surface area contributed by atoms with Crippen molar-refractivity contribution in [3.8, 4) is 0 Å². The molecule has 0 spiro atoms. The summed E-state index contributed by atoms with van der Waals surface area (Å²) in [5, 5.41) is 3.66. The number of fused-ring (bicyclic) bond motifs is 1. The van der Waals surface area contributed by atoms with Crippen molar-refractivity contribution in [2.75, 3.05) is 11.4 Å². The van der Waals surface area contributed by atoms with E-state index in [0.717, 1.165) is 16.8 Å². The highest BCUT2D eigenvalue weighted by Gasteiger charge is 2.43. The standard InChI is InChI=1S/C20H17Cl2N3O2/c21-14-5-3-7-17(19(14)22)25-18(26)10-16(20(25)27)23-9-8-12-11-24-15-6-2-1-4-13(12)15/h1-7,11,16,23-24H,8-10H2/p+1/t16-/m1/s1. The lowest BCUT2D eigenvalue weighted by Crippen LogP contribution is -2.92. The summed E-state index contributed by atoms with van der Waals surface area (Å²) in [4.78, 5) is 29.6. The Balaban J connectivity index is 1.44. The smallest absolute Gasteiger partial charge is 0.292 e. The Morgan fingerprint density at radius 2 is 1.93 bits per heavy atom. The van der Waals surface area contributed by atoms with E-state index in [-0.39, 0.29) is 23.3 Å². The van der Waals surface area contributed by atoms with Crippen LogP contribution in [0.1, 0.15) is 12.0 Å². The van der Waals surface area contributed by atoms with Gasteiger partial charge in [0.05, 0.1) is 28.7 Å². The number of H-pyrrole nitrogens is 1. The van der Waals surface area contributed by atoms with Crippen molar-refractivity contribution in [1.29, 1.82) is 0 Å². The van der Waals surface area contributed by atoms with E-state index in [9.17, 15) is 9.59 Å². The molecule has 0 saturated carbocycles. The van der Waals surface area contributed by atoms with E-state index in [0.29, 0.717) is 17.3 Å². The van der Waals surface area contributed by atoms with Crippen LogP contribution in [-0.4, -0.2) is 29.4 Å². The fourth-order valence-electron chi connectivity index (χ4n) is 3.54. The molecule has 2 amide bonds. The maximum atomic E-state index is 12.8. The summed E-state index contributed by atoms with van der Waals surface area (Å²) in [5.74, 6) is -0.499. The Bertz CT molecular complexity index is 1030. The van der Waals surface area contributed by atoms with Crippen molar-refractivity contribution in [1.82, 2.24) is 4.98 Å². The number of amides is 2. The van der Waals surface area contributed by atoms with Gasteiger partial charge in [-0.1, -0.05) is 47.5 Å². The molecule has 0 aliphatic carbocycles. The van der Waals surface area contributed by atoms with Gasteiger partial charge in [0.15, 0.2) is 6.04 Å². The van der Waals surface area contributed by atoms with Gasteiger partial charge in [-0.25, -0.2) is 4.90 Å². The molecule has 1 atom stereocenters. The summed E-state index contributed by atoms with van der Waals surface area (Å²) in [6.07, 6.45) is 2.97. The summed E-state index contributed by atoms with van der Waals surface area (Å²) in [7, 11) is 0. The van der Waals surface area contributed by atoms with E-state index >= 15 is 0 Å². The molecule has 1 aliphatic rings. The summed E-state index contributed by atoms with van der Waals surface area (Å²) >= 11 is 12.2. The van der Waals surface area contributed by atoms with Crippen LogP contribution in [0.5, 0.6) is 0 Å². The van der Waals surface area contributed by atoms with E-state index in [1.54, 1.807) is 18.2 Å². The zero-order valence-corrected chi connectivity index (χ0v) is 15.9. The molecule has 4 rings (SSSR count). The number of halogens is 2. The number of carbonyl (C=O) groups is 2.